The van der Waals surface area contributed by atoms with E-state index in [1.54, 1.807) is 6.20 Å². The Labute approximate surface area is 98.7 Å². The molecule has 1 aliphatic heterocycles. The molecule has 1 atom stereocenters. The first kappa shape index (κ1) is 10.1. The third-order valence-corrected chi connectivity index (χ3v) is 3.36. The molecule has 0 spiro atoms. The lowest BCUT2D eigenvalue weighted by Crippen LogP contribution is -2.29. The molecule has 0 bridgehead atoms. The molecule has 2 aromatic heterocycles. The van der Waals surface area contributed by atoms with E-state index < -0.39 is 0 Å². The predicted molar refractivity (Wildman–Crippen MR) is 62.8 cm³/mol. The molecule has 4 nitrogen and oxygen atoms in total. The van der Waals surface area contributed by atoms with E-state index in [0.717, 1.165) is 25.2 Å². The van der Waals surface area contributed by atoms with Crippen LogP contribution in [0, 0.1) is 0 Å². The van der Waals surface area contributed by atoms with Crippen LogP contribution in [0.15, 0.2) is 18.5 Å². The van der Waals surface area contributed by atoms with E-state index in [9.17, 15) is 0 Å². The van der Waals surface area contributed by atoms with Crippen LogP contribution in [-0.4, -0.2) is 27.5 Å². The summed E-state index contributed by atoms with van der Waals surface area (Å²) in [5, 5.41) is 3.99. The van der Waals surface area contributed by atoms with Crippen LogP contribution in [0.5, 0.6) is 0 Å². The SMILES string of the molecule is Clc1nc2ncccn2c1C1CCCNC1. The minimum Gasteiger partial charge on any atom is -0.316 e. The summed E-state index contributed by atoms with van der Waals surface area (Å²) in [5.41, 5.74) is 1.09. The van der Waals surface area contributed by atoms with E-state index in [1.807, 2.05) is 16.7 Å². The zero-order chi connectivity index (χ0) is 11.0. The van der Waals surface area contributed by atoms with Crippen LogP contribution in [-0.2, 0) is 0 Å². The van der Waals surface area contributed by atoms with E-state index in [4.69, 9.17) is 11.6 Å². The van der Waals surface area contributed by atoms with Crippen molar-refractivity contribution < 1.29 is 0 Å². The minimum absolute atomic E-state index is 0.445. The van der Waals surface area contributed by atoms with Crippen molar-refractivity contribution in [2.24, 2.45) is 0 Å². The molecule has 1 aliphatic rings. The smallest absolute Gasteiger partial charge is 0.235 e. The fourth-order valence-corrected chi connectivity index (χ4v) is 2.65. The molecule has 1 saturated heterocycles. The number of aromatic nitrogens is 3. The van der Waals surface area contributed by atoms with E-state index in [2.05, 4.69) is 15.3 Å². The molecule has 1 N–H and O–H groups in total. The molecule has 1 unspecified atom stereocenters. The number of rotatable bonds is 1. The molecular formula is C11H13ClN4. The van der Waals surface area contributed by atoms with Crippen molar-refractivity contribution >= 4 is 17.4 Å². The lowest BCUT2D eigenvalue weighted by Gasteiger charge is -2.22. The lowest BCUT2D eigenvalue weighted by atomic mass is 9.96. The molecule has 0 aliphatic carbocycles. The Morgan fingerprint density at radius 2 is 2.44 bits per heavy atom. The summed E-state index contributed by atoms with van der Waals surface area (Å²) in [6.07, 6.45) is 6.07. The van der Waals surface area contributed by atoms with Crippen molar-refractivity contribution in [2.75, 3.05) is 13.1 Å². The van der Waals surface area contributed by atoms with Crippen LogP contribution in [0.2, 0.25) is 5.15 Å². The number of fused-ring (bicyclic) bond motifs is 1. The van der Waals surface area contributed by atoms with Gasteiger partial charge < -0.3 is 5.32 Å². The minimum atomic E-state index is 0.445. The standard InChI is InChI=1S/C11H13ClN4/c12-10-9(8-3-1-4-13-7-8)16-6-2-5-14-11(16)15-10/h2,5-6,8,13H,1,3-4,7H2. The summed E-state index contributed by atoms with van der Waals surface area (Å²) in [5.74, 6) is 1.13. The number of halogens is 1. The van der Waals surface area contributed by atoms with Crippen molar-refractivity contribution in [3.8, 4) is 0 Å². The number of nitrogens with one attached hydrogen (secondary N) is 1. The number of imidazole rings is 1. The quantitative estimate of drug-likeness (QED) is 0.822. The molecule has 5 heteroatoms. The number of nitrogens with zero attached hydrogens (tertiary/aromatic N) is 3. The molecule has 3 heterocycles. The first-order valence-electron chi connectivity index (χ1n) is 5.55. The summed E-state index contributed by atoms with van der Waals surface area (Å²) in [6, 6.07) is 1.91. The Hall–Kier alpha value is -1.13. The van der Waals surface area contributed by atoms with Crippen molar-refractivity contribution in [3.63, 3.8) is 0 Å². The van der Waals surface area contributed by atoms with Gasteiger partial charge in [-0.05, 0) is 25.5 Å². The van der Waals surface area contributed by atoms with Gasteiger partial charge in [0.1, 0.15) is 0 Å². The molecule has 0 amide bonds. The van der Waals surface area contributed by atoms with Crippen molar-refractivity contribution in [3.05, 3.63) is 29.3 Å². The normalized spacial score (nSPS) is 21.4. The summed E-state index contributed by atoms with van der Waals surface area (Å²) < 4.78 is 2.00. The highest BCUT2D eigenvalue weighted by Gasteiger charge is 2.22. The van der Waals surface area contributed by atoms with Gasteiger partial charge in [-0.3, -0.25) is 4.40 Å². The van der Waals surface area contributed by atoms with Crippen LogP contribution in [0.1, 0.15) is 24.5 Å². The van der Waals surface area contributed by atoms with Gasteiger partial charge in [-0.15, -0.1) is 0 Å². The Balaban J connectivity index is 2.10. The highest BCUT2D eigenvalue weighted by atomic mass is 35.5. The Morgan fingerprint density at radius 3 is 3.25 bits per heavy atom. The first-order chi connectivity index (χ1) is 7.86. The Morgan fingerprint density at radius 1 is 1.50 bits per heavy atom. The van der Waals surface area contributed by atoms with Crippen LogP contribution in [0.4, 0.5) is 0 Å². The van der Waals surface area contributed by atoms with E-state index in [1.165, 1.54) is 6.42 Å². The highest BCUT2D eigenvalue weighted by Crippen LogP contribution is 2.29. The third kappa shape index (κ3) is 1.58. The molecule has 2 aromatic rings. The van der Waals surface area contributed by atoms with Gasteiger partial charge in [0.05, 0.1) is 5.69 Å². The van der Waals surface area contributed by atoms with Gasteiger partial charge in [0.15, 0.2) is 5.15 Å². The maximum absolute atomic E-state index is 6.20. The van der Waals surface area contributed by atoms with Gasteiger partial charge in [0.2, 0.25) is 5.78 Å². The van der Waals surface area contributed by atoms with Crippen molar-refractivity contribution in [1.82, 2.24) is 19.7 Å². The van der Waals surface area contributed by atoms with E-state index in [-0.39, 0.29) is 0 Å². The lowest BCUT2D eigenvalue weighted by molar-refractivity contribution is 0.453. The highest BCUT2D eigenvalue weighted by molar-refractivity contribution is 6.30. The zero-order valence-corrected chi connectivity index (χ0v) is 9.61. The molecule has 0 saturated carbocycles. The fraction of sp³-hybridized carbons (Fsp3) is 0.455. The number of hydrogen-bond acceptors (Lipinski definition) is 3. The summed E-state index contributed by atoms with van der Waals surface area (Å²) in [4.78, 5) is 8.48. The van der Waals surface area contributed by atoms with Gasteiger partial charge in [0.25, 0.3) is 0 Å². The zero-order valence-electron chi connectivity index (χ0n) is 8.86. The Kier molecular flexibility index (Phi) is 2.53. The maximum Gasteiger partial charge on any atom is 0.235 e. The van der Waals surface area contributed by atoms with Crippen molar-refractivity contribution in [2.45, 2.75) is 18.8 Å². The van der Waals surface area contributed by atoms with Gasteiger partial charge in [-0.2, -0.15) is 4.98 Å². The van der Waals surface area contributed by atoms with Crippen LogP contribution < -0.4 is 5.32 Å². The third-order valence-electron chi connectivity index (χ3n) is 3.08. The second kappa shape index (κ2) is 4.03. The van der Waals surface area contributed by atoms with Crippen LogP contribution in [0.3, 0.4) is 0 Å². The van der Waals surface area contributed by atoms with Crippen LogP contribution in [0.25, 0.3) is 5.78 Å². The topological polar surface area (TPSA) is 42.2 Å². The van der Waals surface area contributed by atoms with E-state index >= 15 is 0 Å². The molecule has 3 rings (SSSR count). The maximum atomic E-state index is 6.20. The average Bonchev–Trinajstić information content (AvgIpc) is 2.66. The monoisotopic (exact) mass is 236 g/mol. The molecule has 0 aromatic carbocycles. The van der Waals surface area contributed by atoms with Gasteiger partial charge in [-0.1, -0.05) is 11.6 Å². The molecule has 1 fully saturated rings. The molecular weight excluding hydrogens is 224 g/mol. The van der Waals surface area contributed by atoms with E-state index in [0.29, 0.717) is 16.8 Å². The molecule has 84 valence electrons. The van der Waals surface area contributed by atoms with Gasteiger partial charge >= 0.3 is 0 Å². The fourth-order valence-electron chi connectivity index (χ4n) is 2.33. The van der Waals surface area contributed by atoms with Crippen LogP contribution >= 0.6 is 11.6 Å². The number of hydrogen-bond donors (Lipinski definition) is 1. The average molecular weight is 237 g/mol. The first-order valence-corrected chi connectivity index (χ1v) is 5.93. The second-order valence-corrected chi connectivity index (χ2v) is 4.48. The second-order valence-electron chi connectivity index (χ2n) is 4.12. The summed E-state index contributed by atoms with van der Waals surface area (Å²) in [6.45, 7) is 2.07. The summed E-state index contributed by atoms with van der Waals surface area (Å²) >= 11 is 6.20. The largest absolute Gasteiger partial charge is 0.316 e. The van der Waals surface area contributed by atoms with Crippen molar-refractivity contribution in [1.29, 1.82) is 0 Å². The number of piperidine rings is 1. The predicted octanol–water partition coefficient (Wildman–Crippen LogP) is 1.85. The summed E-state index contributed by atoms with van der Waals surface area (Å²) in [7, 11) is 0. The molecule has 0 radical (unpaired) electrons. The van der Waals surface area contributed by atoms with Gasteiger partial charge in [-0.25, -0.2) is 4.98 Å². The van der Waals surface area contributed by atoms with Gasteiger partial charge in [0, 0.05) is 24.9 Å². The molecule has 16 heavy (non-hydrogen) atoms. The Bertz CT molecular complexity index is 502.